The van der Waals surface area contributed by atoms with E-state index in [0.717, 1.165) is 17.7 Å². The molecule has 2 aliphatic heterocycles. The van der Waals surface area contributed by atoms with Gasteiger partial charge in [-0.05, 0) is 66.9 Å². The second-order valence-electron chi connectivity index (χ2n) is 9.97. The molecule has 3 aromatic carbocycles. The predicted molar refractivity (Wildman–Crippen MR) is 144 cm³/mol. The van der Waals surface area contributed by atoms with Gasteiger partial charge < -0.3 is 14.7 Å². The molecule has 40 heavy (non-hydrogen) atoms. The number of hydrogen-bond donors (Lipinski definition) is 1. The van der Waals surface area contributed by atoms with Gasteiger partial charge in [-0.2, -0.15) is 8.78 Å². The van der Waals surface area contributed by atoms with Crippen molar-refractivity contribution < 1.29 is 36.2 Å². The SMILES string of the molecule is Cc1cccc(S(=O)(=O)N2C[C@@H]3CN([C@@H](C)C(=O)O)CCN3c3ccc(-c4cc(F)cc(OC(F)F)c4)cc32)c1. The van der Waals surface area contributed by atoms with Gasteiger partial charge in [-0.25, -0.2) is 12.8 Å². The zero-order chi connectivity index (χ0) is 28.8. The molecule has 212 valence electrons. The Morgan fingerprint density at radius 1 is 1.00 bits per heavy atom. The van der Waals surface area contributed by atoms with E-state index in [4.69, 9.17) is 0 Å². The number of carboxylic acid groups (broad SMARTS) is 1. The van der Waals surface area contributed by atoms with Gasteiger partial charge in [0.1, 0.15) is 17.6 Å². The molecule has 0 bridgehead atoms. The van der Waals surface area contributed by atoms with Crippen LogP contribution < -0.4 is 13.9 Å². The van der Waals surface area contributed by atoms with E-state index in [0.29, 0.717) is 36.6 Å². The molecule has 0 aromatic heterocycles. The van der Waals surface area contributed by atoms with Crippen molar-refractivity contribution in [2.75, 3.05) is 35.4 Å². The first-order chi connectivity index (χ1) is 18.9. The summed E-state index contributed by atoms with van der Waals surface area (Å²) in [5.74, 6) is -2.08. The average Bonchev–Trinajstić information content (AvgIpc) is 2.90. The minimum atomic E-state index is -4.06. The number of halogens is 3. The molecule has 3 aromatic rings. The number of alkyl halides is 2. The van der Waals surface area contributed by atoms with Crippen LogP contribution in [-0.4, -0.2) is 69.3 Å². The maximum atomic E-state index is 14.3. The number of hydrogen-bond acceptors (Lipinski definition) is 6. The lowest BCUT2D eigenvalue weighted by Crippen LogP contribution is -2.62. The number of fused-ring (bicyclic) bond motifs is 3. The molecule has 2 aliphatic rings. The minimum Gasteiger partial charge on any atom is -0.480 e. The smallest absolute Gasteiger partial charge is 0.387 e. The quantitative estimate of drug-likeness (QED) is 0.441. The highest BCUT2D eigenvalue weighted by Gasteiger charge is 2.41. The van der Waals surface area contributed by atoms with Crippen LogP contribution in [0.5, 0.6) is 5.75 Å². The first kappa shape index (κ1) is 27.8. The second kappa shape index (κ2) is 10.7. The number of ether oxygens (including phenoxy) is 1. The average molecular weight is 576 g/mol. The Hall–Kier alpha value is -3.77. The lowest BCUT2D eigenvalue weighted by atomic mass is 9.99. The summed E-state index contributed by atoms with van der Waals surface area (Å²) in [6.07, 6.45) is 0. The molecule has 8 nitrogen and oxygen atoms in total. The highest BCUT2D eigenvalue weighted by Crippen LogP contribution is 2.42. The van der Waals surface area contributed by atoms with Crippen molar-refractivity contribution in [3.05, 3.63) is 72.0 Å². The van der Waals surface area contributed by atoms with Gasteiger partial charge in [-0.3, -0.25) is 14.0 Å². The number of piperazine rings is 1. The van der Waals surface area contributed by atoms with Crippen molar-refractivity contribution in [1.29, 1.82) is 0 Å². The third-order valence-corrected chi connectivity index (χ3v) is 9.13. The summed E-state index contributed by atoms with van der Waals surface area (Å²) in [5.41, 5.74) is 2.40. The van der Waals surface area contributed by atoms with Gasteiger partial charge in [0.25, 0.3) is 10.0 Å². The van der Waals surface area contributed by atoms with Gasteiger partial charge in [-0.1, -0.05) is 18.2 Å². The third-order valence-electron chi connectivity index (χ3n) is 7.36. The lowest BCUT2D eigenvalue weighted by Gasteiger charge is -2.49. The van der Waals surface area contributed by atoms with E-state index < -0.39 is 34.5 Å². The molecule has 1 fully saturated rings. The van der Waals surface area contributed by atoms with Crippen LogP contribution in [0, 0.1) is 12.7 Å². The number of benzene rings is 3. The van der Waals surface area contributed by atoms with Crippen LogP contribution in [0.3, 0.4) is 0 Å². The normalized spacial score (nSPS) is 18.3. The summed E-state index contributed by atoms with van der Waals surface area (Å²) < 4.78 is 73.7. The Balaban J connectivity index is 1.61. The highest BCUT2D eigenvalue weighted by molar-refractivity contribution is 7.92. The molecule has 1 saturated heterocycles. The fourth-order valence-corrected chi connectivity index (χ4v) is 6.94. The van der Waals surface area contributed by atoms with Gasteiger partial charge >= 0.3 is 12.6 Å². The Morgan fingerprint density at radius 3 is 2.48 bits per heavy atom. The number of nitrogens with zero attached hydrogens (tertiary/aromatic N) is 3. The minimum absolute atomic E-state index is 0.0540. The van der Waals surface area contributed by atoms with Crippen molar-refractivity contribution in [3.8, 4) is 16.9 Å². The first-order valence-electron chi connectivity index (χ1n) is 12.7. The molecule has 1 N–H and O–H groups in total. The standard InChI is InChI=1S/C28H28F3N3O5S/c1-17-4-3-5-24(10-17)40(37,38)34-16-22-15-32(18(2)27(35)36)8-9-33(22)25-7-6-19(13-26(25)34)20-11-21(29)14-23(12-20)39-28(30)31/h3-7,10-14,18,22,28H,8-9,15-16H2,1-2H3,(H,35,36)/t18-,22-/m0/s1. The van der Waals surface area contributed by atoms with Crippen LogP contribution in [0.1, 0.15) is 12.5 Å². The summed E-state index contributed by atoms with van der Waals surface area (Å²) >= 11 is 0. The van der Waals surface area contributed by atoms with Crippen molar-refractivity contribution >= 4 is 27.4 Å². The molecular formula is C28H28F3N3O5S. The van der Waals surface area contributed by atoms with E-state index in [1.807, 2.05) is 4.90 Å². The molecule has 2 atom stereocenters. The molecule has 0 spiro atoms. The van der Waals surface area contributed by atoms with Crippen LogP contribution in [-0.2, 0) is 14.8 Å². The van der Waals surface area contributed by atoms with Gasteiger partial charge in [-0.15, -0.1) is 0 Å². The van der Waals surface area contributed by atoms with Crippen LogP contribution in [0.2, 0.25) is 0 Å². The second-order valence-corrected chi connectivity index (χ2v) is 11.8. The third kappa shape index (κ3) is 5.33. The molecule has 2 heterocycles. The zero-order valence-electron chi connectivity index (χ0n) is 21.8. The molecule has 0 saturated carbocycles. The van der Waals surface area contributed by atoms with Gasteiger partial charge in [0.2, 0.25) is 0 Å². The summed E-state index contributed by atoms with van der Waals surface area (Å²) in [4.78, 5) is 15.6. The Kier molecular flexibility index (Phi) is 7.40. The van der Waals surface area contributed by atoms with Crippen molar-refractivity contribution in [1.82, 2.24) is 4.90 Å². The molecule has 0 aliphatic carbocycles. The molecule has 0 radical (unpaired) electrons. The van der Waals surface area contributed by atoms with Crippen LogP contribution in [0.15, 0.2) is 65.6 Å². The maximum Gasteiger partial charge on any atom is 0.387 e. The van der Waals surface area contributed by atoms with Crippen LogP contribution >= 0.6 is 0 Å². The molecular weight excluding hydrogens is 547 g/mol. The highest BCUT2D eigenvalue weighted by atomic mass is 32.2. The van der Waals surface area contributed by atoms with Crippen LogP contribution in [0.4, 0.5) is 24.5 Å². The number of aryl methyl sites for hydroxylation is 1. The summed E-state index contributed by atoms with van der Waals surface area (Å²) in [5, 5.41) is 9.53. The van der Waals surface area contributed by atoms with E-state index in [1.165, 1.54) is 16.4 Å². The number of anilines is 2. The molecule has 0 amide bonds. The number of sulfonamides is 1. The van der Waals surface area contributed by atoms with Crippen molar-refractivity contribution in [3.63, 3.8) is 0 Å². The van der Waals surface area contributed by atoms with E-state index in [2.05, 4.69) is 9.64 Å². The monoisotopic (exact) mass is 575 g/mol. The van der Waals surface area contributed by atoms with E-state index in [-0.39, 0.29) is 28.8 Å². The number of carboxylic acids is 1. The Labute approximate surface area is 230 Å². The zero-order valence-corrected chi connectivity index (χ0v) is 22.6. The van der Waals surface area contributed by atoms with E-state index in [9.17, 15) is 31.5 Å². The Bertz CT molecular complexity index is 1550. The topological polar surface area (TPSA) is 90.4 Å². The molecule has 12 heteroatoms. The summed E-state index contributed by atoms with van der Waals surface area (Å²) in [7, 11) is -4.06. The van der Waals surface area contributed by atoms with Gasteiger partial charge in [0.15, 0.2) is 0 Å². The number of carbonyl (C=O) groups is 1. The lowest BCUT2D eigenvalue weighted by molar-refractivity contribution is -0.142. The number of aliphatic carboxylic acids is 1. The van der Waals surface area contributed by atoms with Crippen molar-refractivity contribution in [2.24, 2.45) is 0 Å². The van der Waals surface area contributed by atoms with Crippen LogP contribution in [0.25, 0.3) is 11.1 Å². The Morgan fingerprint density at radius 2 is 1.77 bits per heavy atom. The molecule has 5 rings (SSSR count). The van der Waals surface area contributed by atoms with Gasteiger partial charge in [0.05, 0.1) is 28.9 Å². The maximum absolute atomic E-state index is 14.3. The van der Waals surface area contributed by atoms with Gasteiger partial charge in [0, 0.05) is 25.7 Å². The number of rotatable bonds is 7. The fourth-order valence-electron chi connectivity index (χ4n) is 5.33. The predicted octanol–water partition coefficient (Wildman–Crippen LogP) is 4.58. The first-order valence-corrected chi connectivity index (χ1v) is 14.1. The largest absolute Gasteiger partial charge is 0.480 e. The summed E-state index contributed by atoms with van der Waals surface area (Å²) in [6.45, 7) is 1.59. The summed E-state index contributed by atoms with van der Waals surface area (Å²) in [6, 6.07) is 13.8. The van der Waals surface area contributed by atoms with E-state index in [1.54, 1.807) is 50.2 Å². The molecule has 0 unspecified atom stereocenters. The van der Waals surface area contributed by atoms with Crippen molar-refractivity contribution in [2.45, 2.75) is 37.4 Å². The van der Waals surface area contributed by atoms with E-state index >= 15 is 0 Å². The fraction of sp³-hybridized carbons (Fsp3) is 0.321.